The van der Waals surface area contributed by atoms with Crippen LogP contribution in [-0.4, -0.2) is 25.0 Å². The Morgan fingerprint density at radius 1 is 0.724 bits per heavy atom. The van der Waals surface area contributed by atoms with Crippen LogP contribution in [0.15, 0.2) is 78.9 Å². The van der Waals surface area contributed by atoms with Gasteiger partial charge in [-0.15, -0.1) is 0 Å². The highest BCUT2D eigenvalue weighted by Gasteiger charge is 2.11. The van der Waals surface area contributed by atoms with Gasteiger partial charge in [0.25, 0.3) is 5.91 Å². The minimum atomic E-state index is -0.507. The van der Waals surface area contributed by atoms with Crippen molar-refractivity contribution in [2.24, 2.45) is 0 Å². The van der Waals surface area contributed by atoms with Crippen molar-refractivity contribution in [1.29, 1.82) is 0 Å². The van der Waals surface area contributed by atoms with Crippen molar-refractivity contribution in [3.05, 3.63) is 101 Å². The van der Waals surface area contributed by atoms with Gasteiger partial charge >= 0.3 is 11.9 Å². The van der Waals surface area contributed by atoms with Gasteiger partial charge in [0, 0.05) is 11.3 Å². The van der Waals surface area contributed by atoms with Gasteiger partial charge in [0.1, 0.15) is 6.61 Å². The minimum absolute atomic E-state index is 0.0676. The maximum absolute atomic E-state index is 12.2. The fourth-order valence-corrected chi connectivity index (χ4v) is 2.57. The Labute approximate surface area is 168 Å². The van der Waals surface area contributed by atoms with E-state index in [0.29, 0.717) is 22.4 Å². The number of carbonyl (C=O) groups is 3. The molecule has 0 saturated carbocycles. The van der Waals surface area contributed by atoms with Gasteiger partial charge < -0.3 is 14.8 Å². The smallest absolute Gasteiger partial charge is 0.338 e. The zero-order valence-electron chi connectivity index (χ0n) is 15.8. The lowest BCUT2D eigenvalue weighted by Gasteiger charge is -2.08. The van der Waals surface area contributed by atoms with Crippen molar-refractivity contribution in [2.75, 3.05) is 12.4 Å². The maximum Gasteiger partial charge on any atom is 0.338 e. The first-order valence-electron chi connectivity index (χ1n) is 8.87. The van der Waals surface area contributed by atoms with Crippen molar-refractivity contribution in [1.82, 2.24) is 0 Å². The third-order valence-electron chi connectivity index (χ3n) is 4.16. The number of hydrogen-bond donors (Lipinski definition) is 1. The molecule has 0 saturated heterocycles. The second-order valence-corrected chi connectivity index (χ2v) is 6.16. The number of methoxy groups -OCH3 is 1. The van der Waals surface area contributed by atoms with Crippen LogP contribution in [0.25, 0.3) is 0 Å². The van der Waals surface area contributed by atoms with Crippen molar-refractivity contribution in [3.63, 3.8) is 0 Å². The number of rotatable bonds is 6. The maximum atomic E-state index is 12.2. The van der Waals surface area contributed by atoms with E-state index in [2.05, 4.69) is 10.1 Å². The lowest BCUT2D eigenvalue weighted by molar-refractivity contribution is 0.0471. The topological polar surface area (TPSA) is 81.7 Å². The van der Waals surface area contributed by atoms with Crippen molar-refractivity contribution in [2.45, 2.75) is 6.61 Å². The van der Waals surface area contributed by atoms with E-state index in [1.165, 1.54) is 31.4 Å². The van der Waals surface area contributed by atoms with Gasteiger partial charge in [-0.05, 0) is 54.1 Å². The number of benzene rings is 3. The number of esters is 2. The molecular formula is C23H19NO5. The molecule has 1 N–H and O–H groups in total. The lowest BCUT2D eigenvalue weighted by Crippen LogP contribution is -2.12. The van der Waals surface area contributed by atoms with E-state index in [0.717, 1.165) is 5.56 Å². The molecule has 0 aliphatic rings. The molecule has 0 aliphatic heterocycles. The predicted octanol–water partition coefficient (Wildman–Crippen LogP) is 4.08. The monoisotopic (exact) mass is 389 g/mol. The average molecular weight is 389 g/mol. The van der Waals surface area contributed by atoms with E-state index < -0.39 is 11.9 Å². The largest absolute Gasteiger partial charge is 0.465 e. The Kier molecular flexibility index (Phi) is 6.37. The summed E-state index contributed by atoms with van der Waals surface area (Å²) in [4.78, 5) is 35.8. The Morgan fingerprint density at radius 3 is 1.86 bits per heavy atom. The van der Waals surface area contributed by atoms with E-state index in [4.69, 9.17) is 4.74 Å². The number of carbonyl (C=O) groups excluding carboxylic acids is 3. The Morgan fingerprint density at radius 2 is 1.28 bits per heavy atom. The molecule has 3 rings (SSSR count). The zero-order valence-corrected chi connectivity index (χ0v) is 15.8. The highest BCUT2D eigenvalue weighted by atomic mass is 16.5. The quantitative estimate of drug-likeness (QED) is 0.643. The second-order valence-electron chi connectivity index (χ2n) is 6.16. The summed E-state index contributed by atoms with van der Waals surface area (Å²) in [6, 6.07) is 22.0. The van der Waals surface area contributed by atoms with Gasteiger partial charge in [-0.25, -0.2) is 9.59 Å². The van der Waals surface area contributed by atoms with Crippen LogP contribution in [0.4, 0.5) is 5.69 Å². The summed E-state index contributed by atoms with van der Waals surface area (Å²) in [6.07, 6.45) is 0. The first-order chi connectivity index (χ1) is 14.1. The van der Waals surface area contributed by atoms with E-state index in [1.54, 1.807) is 24.3 Å². The summed E-state index contributed by atoms with van der Waals surface area (Å²) in [5, 5.41) is 2.81. The summed E-state index contributed by atoms with van der Waals surface area (Å²) in [7, 11) is 1.29. The Hall–Kier alpha value is -3.93. The Bertz CT molecular complexity index is 996. The summed E-state index contributed by atoms with van der Waals surface area (Å²) < 4.78 is 9.90. The highest BCUT2D eigenvalue weighted by Crippen LogP contribution is 2.12. The molecule has 0 heterocycles. The molecule has 146 valence electrons. The van der Waals surface area contributed by atoms with E-state index in [9.17, 15) is 14.4 Å². The molecule has 1 amide bonds. The third kappa shape index (κ3) is 5.29. The van der Waals surface area contributed by atoms with E-state index in [-0.39, 0.29) is 12.5 Å². The fourth-order valence-electron chi connectivity index (χ4n) is 2.57. The van der Waals surface area contributed by atoms with Crippen LogP contribution in [0.5, 0.6) is 0 Å². The molecule has 0 radical (unpaired) electrons. The first kappa shape index (κ1) is 19.8. The van der Waals surface area contributed by atoms with Gasteiger partial charge in [0.05, 0.1) is 18.2 Å². The summed E-state index contributed by atoms with van der Waals surface area (Å²) in [5.74, 6) is -1.20. The number of para-hydroxylation sites is 1. The van der Waals surface area contributed by atoms with Gasteiger partial charge in [-0.1, -0.05) is 30.3 Å². The van der Waals surface area contributed by atoms with Crippen molar-refractivity contribution >= 4 is 23.5 Å². The molecule has 0 fully saturated rings. The third-order valence-corrected chi connectivity index (χ3v) is 4.16. The van der Waals surface area contributed by atoms with Crippen LogP contribution in [0, 0.1) is 0 Å². The molecule has 0 aliphatic carbocycles. The molecule has 29 heavy (non-hydrogen) atoms. The summed E-state index contributed by atoms with van der Waals surface area (Å²) in [5.41, 5.74) is 2.65. The van der Waals surface area contributed by atoms with Gasteiger partial charge in [-0.2, -0.15) is 0 Å². The minimum Gasteiger partial charge on any atom is -0.465 e. The van der Waals surface area contributed by atoms with Crippen LogP contribution in [0.3, 0.4) is 0 Å². The van der Waals surface area contributed by atoms with Gasteiger partial charge in [0.15, 0.2) is 0 Å². The molecule has 0 aromatic heterocycles. The van der Waals surface area contributed by atoms with Gasteiger partial charge in [-0.3, -0.25) is 4.79 Å². The van der Waals surface area contributed by atoms with Crippen LogP contribution in [0.1, 0.15) is 36.6 Å². The van der Waals surface area contributed by atoms with Crippen molar-refractivity contribution in [3.8, 4) is 0 Å². The molecular weight excluding hydrogens is 370 g/mol. The molecule has 0 spiro atoms. The zero-order chi connectivity index (χ0) is 20.6. The molecule has 0 bridgehead atoms. The first-order valence-corrected chi connectivity index (χ1v) is 8.87. The number of hydrogen-bond acceptors (Lipinski definition) is 5. The average Bonchev–Trinajstić information content (AvgIpc) is 2.78. The van der Waals surface area contributed by atoms with Crippen molar-refractivity contribution < 1.29 is 23.9 Å². The van der Waals surface area contributed by atoms with Crippen LogP contribution in [0.2, 0.25) is 0 Å². The normalized spacial score (nSPS) is 10.1. The number of amides is 1. The molecule has 6 nitrogen and oxygen atoms in total. The summed E-state index contributed by atoms with van der Waals surface area (Å²) in [6.45, 7) is 0.0676. The molecule has 0 unspecified atom stereocenters. The number of nitrogens with one attached hydrogen (secondary N) is 1. The standard InChI is InChI=1S/C23H19NO5/c1-28-22(26)18-11-13-19(14-12-18)23(27)29-15-16-7-9-17(10-8-16)21(25)24-20-5-3-2-4-6-20/h2-14H,15H2,1H3,(H,24,25). The van der Waals surface area contributed by atoms with Crippen LogP contribution in [-0.2, 0) is 16.1 Å². The summed E-state index contributed by atoms with van der Waals surface area (Å²) >= 11 is 0. The van der Waals surface area contributed by atoms with Crippen LogP contribution < -0.4 is 5.32 Å². The molecule has 3 aromatic rings. The molecule has 3 aromatic carbocycles. The van der Waals surface area contributed by atoms with Gasteiger partial charge in [0.2, 0.25) is 0 Å². The molecule has 6 heteroatoms. The van der Waals surface area contributed by atoms with Crippen LogP contribution >= 0.6 is 0 Å². The molecule has 0 atom stereocenters. The number of ether oxygens (including phenoxy) is 2. The Balaban J connectivity index is 1.55. The predicted molar refractivity (Wildman–Crippen MR) is 108 cm³/mol. The fraction of sp³-hybridized carbons (Fsp3) is 0.0870. The van der Waals surface area contributed by atoms with E-state index >= 15 is 0 Å². The highest BCUT2D eigenvalue weighted by molar-refractivity contribution is 6.04. The lowest BCUT2D eigenvalue weighted by atomic mass is 10.1. The number of anilines is 1. The van der Waals surface area contributed by atoms with E-state index in [1.807, 2.05) is 30.3 Å². The second kappa shape index (κ2) is 9.32. The SMILES string of the molecule is COC(=O)c1ccc(C(=O)OCc2ccc(C(=O)Nc3ccccc3)cc2)cc1.